The van der Waals surface area contributed by atoms with Crippen molar-refractivity contribution < 1.29 is 4.79 Å². The molecule has 1 fully saturated rings. The van der Waals surface area contributed by atoms with Crippen LogP contribution in [0.3, 0.4) is 0 Å². The fraction of sp³-hybridized carbons (Fsp3) is 0.400. The zero-order valence-corrected chi connectivity index (χ0v) is 18.1. The molecular weight excluding hydrogens is 392 g/mol. The standard InChI is InChI=1S/C20H24N4O2S2/c1-5-9-21-17-14(18(25)23-11-12(3)7-8-16(23)22-17)10-15-19(26)24(13(4)6-2)20(27)28-15/h7-8,10-11,13,21H,5-6,9H2,1-4H3/b15-10+. The van der Waals surface area contributed by atoms with Crippen molar-refractivity contribution in [2.45, 2.75) is 46.6 Å². The lowest BCUT2D eigenvalue weighted by molar-refractivity contribution is -0.123. The van der Waals surface area contributed by atoms with Crippen LogP contribution in [0.15, 0.2) is 28.0 Å². The molecule has 1 aliphatic rings. The minimum atomic E-state index is -0.207. The molecule has 1 saturated heterocycles. The van der Waals surface area contributed by atoms with E-state index in [4.69, 9.17) is 12.2 Å². The first-order chi connectivity index (χ1) is 13.4. The SMILES string of the molecule is CCCNc1nc2ccc(C)cn2c(=O)c1/C=C1/SC(=S)N(C(C)CC)C1=O. The largest absolute Gasteiger partial charge is 0.369 e. The normalized spacial score (nSPS) is 17.0. The van der Waals surface area contributed by atoms with Gasteiger partial charge in [0.1, 0.15) is 15.8 Å². The number of thiocarbonyl (C=S) groups is 1. The Morgan fingerprint density at radius 1 is 1.32 bits per heavy atom. The summed E-state index contributed by atoms with van der Waals surface area (Å²) in [5, 5.41) is 3.22. The van der Waals surface area contributed by atoms with E-state index < -0.39 is 0 Å². The molecule has 1 unspecified atom stereocenters. The van der Waals surface area contributed by atoms with Gasteiger partial charge in [0.05, 0.1) is 10.5 Å². The maximum absolute atomic E-state index is 13.2. The van der Waals surface area contributed by atoms with Crippen LogP contribution in [-0.2, 0) is 4.79 Å². The minimum absolute atomic E-state index is 0.0227. The topological polar surface area (TPSA) is 66.7 Å². The number of aromatic nitrogens is 2. The zero-order valence-electron chi connectivity index (χ0n) is 16.5. The number of nitrogens with zero attached hydrogens (tertiary/aromatic N) is 3. The van der Waals surface area contributed by atoms with Crippen LogP contribution in [-0.4, -0.2) is 37.1 Å². The number of anilines is 1. The molecule has 3 heterocycles. The highest BCUT2D eigenvalue weighted by Gasteiger charge is 2.35. The summed E-state index contributed by atoms with van der Waals surface area (Å²) in [5.41, 5.74) is 1.69. The van der Waals surface area contributed by atoms with E-state index in [1.165, 1.54) is 16.2 Å². The van der Waals surface area contributed by atoms with Gasteiger partial charge in [-0.3, -0.25) is 18.9 Å². The van der Waals surface area contributed by atoms with Crippen molar-refractivity contribution in [3.05, 3.63) is 44.7 Å². The van der Waals surface area contributed by atoms with Crippen molar-refractivity contribution in [1.29, 1.82) is 0 Å². The average Bonchev–Trinajstić information content (AvgIpc) is 2.95. The number of carbonyl (C=O) groups is 1. The Kier molecular flexibility index (Phi) is 6.20. The molecule has 8 heteroatoms. The number of thioether (sulfide) groups is 1. The summed E-state index contributed by atoms with van der Waals surface area (Å²) in [6, 6.07) is 3.76. The molecule has 1 atom stereocenters. The van der Waals surface area contributed by atoms with E-state index in [1.54, 1.807) is 17.2 Å². The van der Waals surface area contributed by atoms with Gasteiger partial charge in [-0.05, 0) is 44.4 Å². The van der Waals surface area contributed by atoms with E-state index in [-0.39, 0.29) is 17.5 Å². The van der Waals surface area contributed by atoms with Crippen LogP contribution in [0.1, 0.15) is 44.7 Å². The Morgan fingerprint density at radius 2 is 2.07 bits per heavy atom. The van der Waals surface area contributed by atoms with E-state index in [1.807, 2.05) is 39.8 Å². The molecule has 2 aromatic heterocycles. The molecule has 1 amide bonds. The van der Waals surface area contributed by atoms with Crippen molar-refractivity contribution in [3.8, 4) is 0 Å². The molecule has 6 nitrogen and oxygen atoms in total. The van der Waals surface area contributed by atoms with Crippen LogP contribution < -0.4 is 10.9 Å². The predicted octanol–water partition coefficient (Wildman–Crippen LogP) is 3.82. The molecule has 0 bridgehead atoms. The molecule has 28 heavy (non-hydrogen) atoms. The summed E-state index contributed by atoms with van der Waals surface area (Å²) < 4.78 is 2.05. The van der Waals surface area contributed by atoms with Crippen LogP contribution in [0.4, 0.5) is 5.82 Å². The smallest absolute Gasteiger partial charge is 0.267 e. The third-order valence-corrected chi connectivity index (χ3v) is 6.01. The summed E-state index contributed by atoms with van der Waals surface area (Å²) in [6.45, 7) is 8.63. The fourth-order valence-corrected chi connectivity index (χ4v) is 4.38. The first-order valence-electron chi connectivity index (χ1n) is 9.41. The summed E-state index contributed by atoms with van der Waals surface area (Å²) in [4.78, 5) is 32.8. The number of fused-ring (bicyclic) bond motifs is 1. The second kappa shape index (κ2) is 8.45. The monoisotopic (exact) mass is 416 g/mol. The Hall–Kier alpha value is -2.19. The minimum Gasteiger partial charge on any atom is -0.369 e. The molecule has 3 rings (SSSR count). The molecule has 0 saturated carbocycles. The second-order valence-electron chi connectivity index (χ2n) is 6.85. The Morgan fingerprint density at radius 3 is 2.75 bits per heavy atom. The van der Waals surface area contributed by atoms with E-state index in [9.17, 15) is 9.59 Å². The van der Waals surface area contributed by atoms with Crippen LogP contribution >= 0.6 is 24.0 Å². The van der Waals surface area contributed by atoms with Crippen molar-refractivity contribution in [2.75, 3.05) is 11.9 Å². The number of rotatable bonds is 6. The van der Waals surface area contributed by atoms with E-state index in [2.05, 4.69) is 10.3 Å². The number of aryl methyl sites for hydroxylation is 1. The zero-order chi connectivity index (χ0) is 20.4. The number of carbonyl (C=O) groups excluding carboxylic acids is 1. The lowest BCUT2D eigenvalue weighted by atomic mass is 10.2. The lowest BCUT2D eigenvalue weighted by Gasteiger charge is -2.21. The van der Waals surface area contributed by atoms with Crippen LogP contribution in [0, 0.1) is 6.92 Å². The molecule has 0 aliphatic carbocycles. The van der Waals surface area contributed by atoms with Gasteiger partial charge < -0.3 is 5.32 Å². The third-order valence-electron chi connectivity index (χ3n) is 4.68. The number of amides is 1. The molecule has 1 N–H and O–H groups in total. The van der Waals surface area contributed by atoms with Crippen molar-refractivity contribution >= 4 is 51.7 Å². The first kappa shape index (κ1) is 20.5. The van der Waals surface area contributed by atoms with Gasteiger partial charge >= 0.3 is 0 Å². The van der Waals surface area contributed by atoms with Gasteiger partial charge in [-0.15, -0.1) is 0 Å². The van der Waals surface area contributed by atoms with Gasteiger partial charge in [-0.1, -0.05) is 43.9 Å². The maximum atomic E-state index is 13.2. The van der Waals surface area contributed by atoms with Gasteiger partial charge in [0.15, 0.2) is 0 Å². The van der Waals surface area contributed by atoms with Crippen molar-refractivity contribution in [3.63, 3.8) is 0 Å². The van der Waals surface area contributed by atoms with Gasteiger partial charge in [0.25, 0.3) is 11.5 Å². The number of pyridine rings is 1. The lowest BCUT2D eigenvalue weighted by Crippen LogP contribution is -2.36. The molecule has 0 aromatic carbocycles. The van der Waals surface area contributed by atoms with Gasteiger partial charge in [-0.25, -0.2) is 4.98 Å². The molecular formula is C20H24N4O2S2. The molecule has 2 aromatic rings. The average molecular weight is 417 g/mol. The van der Waals surface area contributed by atoms with Gasteiger partial charge in [0, 0.05) is 18.8 Å². The van der Waals surface area contributed by atoms with Crippen molar-refractivity contribution in [2.24, 2.45) is 0 Å². The van der Waals surface area contributed by atoms with E-state index >= 15 is 0 Å². The maximum Gasteiger partial charge on any atom is 0.267 e. The second-order valence-corrected chi connectivity index (χ2v) is 8.53. The Balaban J connectivity index is 2.14. The van der Waals surface area contributed by atoms with Crippen LogP contribution in [0.25, 0.3) is 11.7 Å². The van der Waals surface area contributed by atoms with Crippen LogP contribution in [0.5, 0.6) is 0 Å². The highest BCUT2D eigenvalue weighted by Crippen LogP contribution is 2.34. The highest BCUT2D eigenvalue weighted by atomic mass is 32.2. The number of nitrogens with one attached hydrogen (secondary N) is 1. The van der Waals surface area contributed by atoms with E-state index in [0.717, 1.165) is 18.4 Å². The quantitative estimate of drug-likeness (QED) is 0.570. The van der Waals surface area contributed by atoms with E-state index in [0.29, 0.717) is 32.8 Å². The molecule has 0 radical (unpaired) electrons. The summed E-state index contributed by atoms with van der Waals surface area (Å²) in [5.74, 6) is 0.337. The number of hydrogen-bond acceptors (Lipinski definition) is 6. The Bertz CT molecular complexity index is 1030. The molecule has 1 aliphatic heterocycles. The van der Waals surface area contributed by atoms with Gasteiger partial charge in [-0.2, -0.15) is 0 Å². The third kappa shape index (κ3) is 3.84. The highest BCUT2D eigenvalue weighted by molar-refractivity contribution is 8.26. The first-order valence-corrected chi connectivity index (χ1v) is 10.6. The number of hydrogen-bond donors (Lipinski definition) is 1. The molecule has 0 spiro atoms. The van der Waals surface area contributed by atoms with Crippen LogP contribution in [0.2, 0.25) is 0 Å². The fourth-order valence-electron chi connectivity index (χ4n) is 2.94. The van der Waals surface area contributed by atoms with Crippen molar-refractivity contribution in [1.82, 2.24) is 14.3 Å². The Labute approximate surface area is 174 Å². The summed E-state index contributed by atoms with van der Waals surface area (Å²) in [7, 11) is 0. The molecule has 148 valence electrons. The van der Waals surface area contributed by atoms with Gasteiger partial charge in [0.2, 0.25) is 0 Å². The summed E-state index contributed by atoms with van der Waals surface area (Å²) in [6.07, 6.45) is 5.09. The predicted molar refractivity (Wildman–Crippen MR) is 120 cm³/mol. The summed E-state index contributed by atoms with van der Waals surface area (Å²) >= 11 is 6.63.